The molecular weight excluding hydrogens is 320 g/mol. The Balaban J connectivity index is 1.71. The Hall–Kier alpha value is -2.41. The monoisotopic (exact) mass is 333 g/mol. The minimum Gasteiger partial charge on any atom is -0.333 e. The van der Waals surface area contributed by atoms with Crippen LogP contribution in [0, 0.1) is 11.6 Å². The average Bonchev–Trinajstić information content (AvgIpc) is 2.93. The van der Waals surface area contributed by atoms with Gasteiger partial charge in [-0.3, -0.25) is 4.79 Å². The third-order valence-corrected chi connectivity index (χ3v) is 4.20. The Kier molecular flexibility index (Phi) is 4.29. The van der Waals surface area contributed by atoms with Crippen LogP contribution >= 0.6 is 11.8 Å². The number of aromatic nitrogens is 2. The van der Waals surface area contributed by atoms with Crippen LogP contribution in [0.4, 0.5) is 14.5 Å². The van der Waals surface area contributed by atoms with Crippen LogP contribution in [-0.2, 0) is 4.79 Å². The molecule has 1 aromatic heterocycles. The van der Waals surface area contributed by atoms with Gasteiger partial charge in [0.25, 0.3) is 0 Å². The standard InChI is InChI=1S/C16H13F2N3OS/c1-9(15(22)19-14-8-10(17)6-7-11(14)18)23-16-20-12-4-2-3-5-13(12)21-16/h2-9H,1H3,(H,19,22)(H,20,21). The van der Waals surface area contributed by atoms with Crippen LogP contribution in [0.15, 0.2) is 47.6 Å². The Morgan fingerprint density at radius 2 is 2.04 bits per heavy atom. The first-order chi connectivity index (χ1) is 11.0. The zero-order valence-electron chi connectivity index (χ0n) is 12.1. The number of thioether (sulfide) groups is 1. The highest BCUT2D eigenvalue weighted by molar-refractivity contribution is 8.00. The Labute approximate surface area is 135 Å². The lowest BCUT2D eigenvalue weighted by atomic mass is 10.3. The number of nitrogens with one attached hydrogen (secondary N) is 2. The average molecular weight is 333 g/mol. The van der Waals surface area contributed by atoms with Crippen LogP contribution in [0.25, 0.3) is 11.0 Å². The second kappa shape index (κ2) is 6.37. The molecule has 0 radical (unpaired) electrons. The fourth-order valence-electron chi connectivity index (χ4n) is 2.03. The number of nitrogens with zero attached hydrogens (tertiary/aromatic N) is 1. The first-order valence-corrected chi connectivity index (χ1v) is 7.78. The first-order valence-electron chi connectivity index (χ1n) is 6.90. The molecular formula is C16H13F2N3OS. The van der Waals surface area contributed by atoms with E-state index in [0.717, 1.165) is 29.2 Å². The summed E-state index contributed by atoms with van der Waals surface area (Å²) in [6.45, 7) is 1.67. The molecule has 4 nitrogen and oxygen atoms in total. The van der Waals surface area contributed by atoms with Gasteiger partial charge in [-0.2, -0.15) is 0 Å². The van der Waals surface area contributed by atoms with Gasteiger partial charge in [0.1, 0.15) is 11.6 Å². The maximum atomic E-state index is 13.6. The second-order valence-electron chi connectivity index (χ2n) is 4.93. The van der Waals surface area contributed by atoms with E-state index in [1.165, 1.54) is 11.8 Å². The Morgan fingerprint density at radius 1 is 1.26 bits per heavy atom. The predicted octanol–water partition coefficient (Wildman–Crippen LogP) is 3.96. The van der Waals surface area contributed by atoms with Crippen molar-refractivity contribution in [2.24, 2.45) is 0 Å². The van der Waals surface area contributed by atoms with Gasteiger partial charge in [-0.25, -0.2) is 13.8 Å². The number of anilines is 1. The lowest BCUT2D eigenvalue weighted by Crippen LogP contribution is -2.23. The molecule has 3 rings (SSSR count). The quantitative estimate of drug-likeness (QED) is 0.711. The molecule has 1 atom stereocenters. The number of rotatable bonds is 4. The van der Waals surface area contributed by atoms with E-state index in [1.807, 2.05) is 24.3 Å². The largest absolute Gasteiger partial charge is 0.333 e. The molecule has 0 aliphatic rings. The van der Waals surface area contributed by atoms with Crippen molar-refractivity contribution in [1.29, 1.82) is 0 Å². The first kappa shape index (κ1) is 15.5. The smallest absolute Gasteiger partial charge is 0.237 e. The van der Waals surface area contributed by atoms with E-state index in [9.17, 15) is 13.6 Å². The van der Waals surface area contributed by atoms with Gasteiger partial charge < -0.3 is 10.3 Å². The van der Waals surface area contributed by atoms with Crippen molar-refractivity contribution in [3.05, 3.63) is 54.1 Å². The number of amides is 1. The van der Waals surface area contributed by atoms with Crippen LogP contribution in [0.3, 0.4) is 0 Å². The Morgan fingerprint density at radius 3 is 2.83 bits per heavy atom. The summed E-state index contributed by atoms with van der Waals surface area (Å²) in [7, 11) is 0. The zero-order valence-corrected chi connectivity index (χ0v) is 13.0. The summed E-state index contributed by atoms with van der Waals surface area (Å²) in [5, 5.41) is 2.45. The van der Waals surface area contributed by atoms with Gasteiger partial charge in [0, 0.05) is 6.07 Å². The molecule has 0 fully saturated rings. The van der Waals surface area contributed by atoms with Crippen molar-refractivity contribution in [2.75, 3.05) is 5.32 Å². The van der Waals surface area contributed by atoms with E-state index in [1.54, 1.807) is 6.92 Å². The molecule has 0 saturated heterocycles. The fraction of sp³-hybridized carbons (Fsp3) is 0.125. The van der Waals surface area contributed by atoms with Crippen LogP contribution < -0.4 is 5.32 Å². The number of benzene rings is 2. The van der Waals surface area contributed by atoms with Gasteiger partial charge in [-0.15, -0.1) is 0 Å². The number of fused-ring (bicyclic) bond motifs is 1. The number of hydrogen-bond acceptors (Lipinski definition) is 3. The lowest BCUT2D eigenvalue weighted by Gasteiger charge is -2.11. The molecule has 0 spiro atoms. The minimum atomic E-state index is -0.680. The number of carbonyl (C=O) groups is 1. The van der Waals surface area contributed by atoms with E-state index >= 15 is 0 Å². The predicted molar refractivity (Wildman–Crippen MR) is 86.4 cm³/mol. The molecule has 1 heterocycles. The van der Waals surface area contributed by atoms with Gasteiger partial charge in [0.2, 0.25) is 5.91 Å². The topological polar surface area (TPSA) is 57.8 Å². The number of hydrogen-bond donors (Lipinski definition) is 2. The SMILES string of the molecule is CC(Sc1nc2ccccc2[nH]1)C(=O)Nc1cc(F)ccc1F. The second-order valence-corrected chi connectivity index (χ2v) is 6.26. The van der Waals surface area contributed by atoms with Crippen LogP contribution in [-0.4, -0.2) is 21.1 Å². The van der Waals surface area contributed by atoms with Gasteiger partial charge in [-0.05, 0) is 31.2 Å². The molecule has 23 heavy (non-hydrogen) atoms. The van der Waals surface area contributed by atoms with Crippen molar-refractivity contribution in [3.8, 4) is 0 Å². The maximum absolute atomic E-state index is 13.6. The number of imidazole rings is 1. The van der Waals surface area contributed by atoms with Crippen molar-refractivity contribution in [1.82, 2.24) is 9.97 Å². The van der Waals surface area contributed by atoms with Crippen molar-refractivity contribution in [3.63, 3.8) is 0 Å². The fourth-order valence-corrected chi connectivity index (χ4v) is 2.85. The third kappa shape index (κ3) is 3.50. The number of para-hydroxylation sites is 2. The highest BCUT2D eigenvalue weighted by atomic mass is 32.2. The molecule has 0 bridgehead atoms. The molecule has 0 aliphatic heterocycles. The van der Waals surface area contributed by atoms with Crippen LogP contribution in [0.2, 0.25) is 0 Å². The highest BCUT2D eigenvalue weighted by Crippen LogP contribution is 2.25. The van der Waals surface area contributed by atoms with E-state index in [0.29, 0.717) is 5.16 Å². The third-order valence-electron chi connectivity index (χ3n) is 3.21. The molecule has 2 N–H and O–H groups in total. The van der Waals surface area contributed by atoms with Crippen molar-refractivity contribution in [2.45, 2.75) is 17.3 Å². The van der Waals surface area contributed by atoms with Gasteiger partial charge in [-0.1, -0.05) is 23.9 Å². The number of H-pyrrole nitrogens is 1. The summed E-state index contributed by atoms with van der Waals surface area (Å²) in [6.07, 6.45) is 0. The summed E-state index contributed by atoms with van der Waals surface area (Å²) in [4.78, 5) is 19.6. The number of aromatic amines is 1. The summed E-state index contributed by atoms with van der Waals surface area (Å²) >= 11 is 1.21. The van der Waals surface area contributed by atoms with E-state index < -0.39 is 22.8 Å². The molecule has 1 unspecified atom stereocenters. The molecule has 3 aromatic rings. The summed E-state index contributed by atoms with van der Waals surface area (Å²) in [5.74, 6) is -1.72. The molecule has 118 valence electrons. The molecule has 0 aliphatic carbocycles. The summed E-state index contributed by atoms with van der Waals surface area (Å²) in [6, 6.07) is 10.4. The lowest BCUT2D eigenvalue weighted by molar-refractivity contribution is -0.115. The van der Waals surface area contributed by atoms with E-state index in [4.69, 9.17) is 0 Å². The normalized spacial score (nSPS) is 12.3. The molecule has 7 heteroatoms. The minimum absolute atomic E-state index is 0.174. The highest BCUT2D eigenvalue weighted by Gasteiger charge is 2.18. The molecule has 1 amide bonds. The maximum Gasteiger partial charge on any atom is 0.237 e. The van der Waals surface area contributed by atoms with Gasteiger partial charge in [0.05, 0.1) is 22.0 Å². The van der Waals surface area contributed by atoms with Crippen LogP contribution in [0.1, 0.15) is 6.92 Å². The van der Waals surface area contributed by atoms with Gasteiger partial charge >= 0.3 is 0 Å². The Bertz CT molecular complexity index is 832. The van der Waals surface area contributed by atoms with Gasteiger partial charge in [0.15, 0.2) is 5.16 Å². The number of carbonyl (C=O) groups excluding carboxylic acids is 1. The molecule has 0 saturated carbocycles. The summed E-state index contributed by atoms with van der Waals surface area (Å²) < 4.78 is 26.7. The summed E-state index contributed by atoms with van der Waals surface area (Å²) in [5.41, 5.74) is 1.50. The van der Waals surface area contributed by atoms with Crippen molar-refractivity contribution < 1.29 is 13.6 Å². The zero-order chi connectivity index (χ0) is 16.4. The molecule has 2 aromatic carbocycles. The van der Waals surface area contributed by atoms with E-state index in [-0.39, 0.29) is 5.69 Å². The van der Waals surface area contributed by atoms with Crippen LogP contribution in [0.5, 0.6) is 0 Å². The van der Waals surface area contributed by atoms with E-state index in [2.05, 4.69) is 15.3 Å². The van der Waals surface area contributed by atoms with Crippen molar-refractivity contribution >= 4 is 34.4 Å². The number of halogens is 2.